The number of methoxy groups -OCH3 is 1. The molecular formula is C19H15FN2O6. The van der Waals surface area contributed by atoms with Gasteiger partial charge in [-0.25, -0.2) is 9.18 Å². The number of Topliss-reactive ketones (excluding diaryl/α,β-unsaturated/α-hetero) is 1. The zero-order valence-electron chi connectivity index (χ0n) is 14.7. The second-order valence-electron chi connectivity index (χ2n) is 5.79. The third kappa shape index (κ3) is 3.83. The van der Waals surface area contributed by atoms with Gasteiger partial charge in [-0.05, 0) is 30.3 Å². The zero-order valence-corrected chi connectivity index (χ0v) is 14.7. The number of ether oxygens (including phenoxy) is 2. The van der Waals surface area contributed by atoms with Gasteiger partial charge in [-0.3, -0.25) is 23.9 Å². The van der Waals surface area contributed by atoms with Crippen LogP contribution < -0.4 is 16.0 Å². The van der Waals surface area contributed by atoms with E-state index in [9.17, 15) is 23.6 Å². The zero-order chi connectivity index (χ0) is 20.3. The van der Waals surface area contributed by atoms with Crippen molar-refractivity contribution >= 4 is 22.7 Å². The number of benzene rings is 2. The SMILES string of the molecule is COc1ccc(F)cc1C(=O)COC(=O)Cn1c(=O)[nH]c(=O)c2ccccc21. The topological polar surface area (TPSA) is 107 Å². The van der Waals surface area contributed by atoms with Crippen molar-refractivity contribution in [3.63, 3.8) is 0 Å². The molecule has 0 aliphatic heterocycles. The minimum Gasteiger partial charge on any atom is -0.496 e. The molecule has 144 valence electrons. The number of fused-ring (bicyclic) bond motifs is 1. The van der Waals surface area contributed by atoms with Gasteiger partial charge < -0.3 is 9.47 Å². The van der Waals surface area contributed by atoms with E-state index in [1.165, 1.54) is 25.3 Å². The number of nitrogens with zero attached hydrogens (tertiary/aromatic N) is 1. The summed E-state index contributed by atoms with van der Waals surface area (Å²) in [6.45, 7) is -1.17. The van der Waals surface area contributed by atoms with E-state index in [2.05, 4.69) is 4.98 Å². The second-order valence-corrected chi connectivity index (χ2v) is 5.79. The Balaban J connectivity index is 1.76. The molecule has 0 amide bonds. The number of esters is 1. The van der Waals surface area contributed by atoms with Crippen LogP contribution in [0.4, 0.5) is 4.39 Å². The van der Waals surface area contributed by atoms with E-state index in [-0.39, 0.29) is 22.2 Å². The normalized spacial score (nSPS) is 10.6. The van der Waals surface area contributed by atoms with Crippen molar-refractivity contribution in [1.29, 1.82) is 0 Å². The fraction of sp³-hybridized carbons (Fsp3) is 0.158. The Kier molecular flexibility index (Phi) is 5.35. The van der Waals surface area contributed by atoms with Gasteiger partial charge in [-0.2, -0.15) is 0 Å². The standard InChI is InChI=1S/C19H15FN2O6/c1-27-16-7-6-11(20)8-13(16)15(23)10-28-17(24)9-22-14-5-3-2-4-12(14)18(25)21-19(22)26/h2-8H,9-10H2,1H3,(H,21,25,26). The van der Waals surface area contributed by atoms with Gasteiger partial charge in [0.25, 0.3) is 5.56 Å². The predicted octanol–water partition coefficient (Wildman–Crippen LogP) is 1.26. The molecule has 1 heterocycles. The highest BCUT2D eigenvalue weighted by Gasteiger charge is 2.17. The van der Waals surface area contributed by atoms with Crippen LogP contribution >= 0.6 is 0 Å². The van der Waals surface area contributed by atoms with Gasteiger partial charge in [0, 0.05) is 0 Å². The molecule has 0 aliphatic rings. The number of para-hydroxylation sites is 1. The van der Waals surface area contributed by atoms with E-state index in [4.69, 9.17) is 9.47 Å². The molecule has 0 unspecified atom stereocenters. The number of rotatable bonds is 6. The van der Waals surface area contributed by atoms with E-state index < -0.39 is 42.0 Å². The van der Waals surface area contributed by atoms with E-state index in [0.717, 1.165) is 16.7 Å². The van der Waals surface area contributed by atoms with Crippen LogP contribution in [-0.4, -0.2) is 35.0 Å². The first kappa shape index (κ1) is 19.0. The number of hydrogen-bond acceptors (Lipinski definition) is 6. The van der Waals surface area contributed by atoms with Crippen molar-refractivity contribution in [2.45, 2.75) is 6.54 Å². The summed E-state index contributed by atoms with van der Waals surface area (Å²) in [4.78, 5) is 50.3. The summed E-state index contributed by atoms with van der Waals surface area (Å²) in [6.07, 6.45) is 0. The number of carbonyl (C=O) groups is 2. The summed E-state index contributed by atoms with van der Waals surface area (Å²) in [5.74, 6) is -2.03. The highest BCUT2D eigenvalue weighted by atomic mass is 19.1. The minimum atomic E-state index is -0.872. The van der Waals surface area contributed by atoms with E-state index in [0.29, 0.717) is 0 Å². The molecule has 0 atom stereocenters. The summed E-state index contributed by atoms with van der Waals surface area (Å²) in [6, 6.07) is 9.66. The van der Waals surface area contributed by atoms with Crippen molar-refractivity contribution < 1.29 is 23.5 Å². The van der Waals surface area contributed by atoms with Crippen molar-refractivity contribution in [2.75, 3.05) is 13.7 Å². The van der Waals surface area contributed by atoms with E-state index >= 15 is 0 Å². The number of nitrogens with one attached hydrogen (secondary N) is 1. The fourth-order valence-corrected chi connectivity index (χ4v) is 2.70. The molecule has 0 aliphatic carbocycles. The summed E-state index contributed by atoms with van der Waals surface area (Å²) >= 11 is 0. The van der Waals surface area contributed by atoms with Crippen molar-refractivity contribution in [3.8, 4) is 5.75 Å². The number of aromatic amines is 1. The predicted molar refractivity (Wildman–Crippen MR) is 97.1 cm³/mol. The Morgan fingerprint density at radius 3 is 2.64 bits per heavy atom. The van der Waals surface area contributed by atoms with E-state index in [1.807, 2.05) is 0 Å². The summed E-state index contributed by atoms with van der Waals surface area (Å²) in [5, 5.41) is 0.232. The third-order valence-electron chi connectivity index (χ3n) is 4.02. The number of aromatic nitrogens is 2. The molecule has 0 radical (unpaired) electrons. The van der Waals surface area contributed by atoms with Crippen LogP contribution in [0, 0.1) is 5.82 Å². The Labute approximate surface area is 157 Å². The van der Waals surface area contributed by atoms with Crippen molar-refractivity contribution in [2.24, 2.45) is 0 Å². The molecule has 8 nitrogen and oxygen atoms in total. The Morgan fingerprint density at radius 2 is 1.89 bits per heavy atom. The average Bonchev–Trinajstić information content (AvgIpc) is 2.69. The first-order chi connectivity index (χ1) is 13.4. The van der Waals surface area contributed by atoms with Gasteiger partial charge in [-0.15, -0.1) is 0 Å². The molecule has 1 N–H and O–H groups in total. The van der Waals surface area contributed by atoms with Gasteiger partial charge >= 0.3 is 11.7 Å². The third-order valence-corrected chi connectivity index (χ3v) is 4.02. The summed E-state index contributed by atoms with van der Waals surface area (Å²) in [7, 11) is 1.32. The quantitative estimate of drug-likeness (QED) is 0.505. The molecule has 0 spiro atoms. The molecule has 3 rings (SSSR count). The number of hydrogen-bond donors (Lipinski definition) is 1. The minimum absolute atomic E-state index is 0.0676. The molecule has 3 aromatic rings. The second kappa shape index (κ2) is 7.87. The van der Waals surface area contributed by atoms with Crippen molar-refractivity contribution in [3.05, 3.63) is 74.7 Å². The smallest absolute Gasteiger partial charge is 0.329 e. The van der Waals surface area contributed by atoms with Gasteiger partial charge in [0.2, 0.25) is 5.78 Å². The Bertz CT molecular complexity index is 1180. The molecule has 0 saturated heterocycles. The largest absolute Gasteiger partial charge is 0.496 e. The van der Waals surface area contributed by atoms with E-state index in [1.54, 1.807) is 12.1 Å². The van der Waals surface area contributed by atoms with Crippen molar-refractivity contribution in [1.82, 2.24) is 9.55 Å². The molecular weight excluding hydrogens is 371 g/mol. The fourth-order valence-electron chi connectivity index (χ4n) is 2.70. The van der Waals surface area contributed by atoms with Crippen LogP contribution in [0.3, 0.4) is 0 Å². The average molecular weight is 386 g/mol. The monoisotopic (exact) mass is 386 g/mol. The molecule has 1 aromatic heterocycles. The Hall–Kier alpha value is -3.75. The maximum atomic E-state index is 13.4. The number of H-pyrrole nitrogens is 1. The lowest BCUT2D eigenvalue weighted by molar-refractivity contribution is -0.143. The van der Waals surface area contributed by atoms with Gasteiger partial charge in [0.15, 0.2) is 6.61 Å². The van der Waals surface area contributed by atoms with Crippen LogP contribution in [0.25, 0.3) is 10.9 Å². The lowest BCUT2D eigenvalue weighted by atomic mass is 10.1. The number of halogens is 1. The highest BCUT2D eigenvalue weighted by molar-refractivity contribution is 6.00. The Morgan fingerprint density at radius 1 is 1.14 bits per heavy atom. The van der Waals surface area contributed by atoms with Crippen LogP contribution in [-0.2, 0) is 16.1 Å². The highest BCUT2D eigenvalue weighted by Crippen LogP contribution is 2.20. The number of carbonyl (C=O) groups excluding carboxylic acids is 2. The molecule has 0 fully saturated rings. The summed E-state index contributed by atoms with van der Waals surface area (Å²) in [5.41, 5.74) is -1.16. The molecule has 0 bridgehead atoms. The van der Waals surface area contributed by atoms with Gasteiger partial charge in [0.1, 0.15) is 18.1 Å². The number of ketones is 1. The first-order valence-corrected chi connectivity index (χ1v) is 8.15. The maximum absolute atomic E-state index is 13.4. The van der Waals surface area contributed by atoms with Crippen LogP contribution in [0.15, 0.2) is 52.1 Å². The summed E-state index contributed by atoms with van der Waals surface area (Å²) < 4.78 is 24.3. The van der Waals surface area contributed by atoms with Gasteiger partial charge in [-0.1, -0.05) is 12.1 Å². The van der Waals surface area contributed by atoms with Crippen LogP contribution in [0.1, 0.15) is 10.4 Å². The first-order valence-electron chi connectivity index (χ1n) is 8.15. The van der Waals surface area contributed by atoms with Gasteiger partial charge in [0.05, 0.1) is 23.6 Å². The van der Waals surface area contributed by atoms with Crippen LogP contribution in [0.2, 0.25) is 0 Å². The lowest BCUT2D eigenvalue weighted by Gasteiger charge is -2.10. The lowest BCUT2D eigenvalue weighted by Crippen LogP contribution is -2.33. The molecule has 9 heteroatoms. The molecule has 0 saturated carbocycles. The molecule has 28 heavy (non-hydrogen) atoms. The van der Waals surface area contributed by atoms with Crippen LogP contribution in [0.5, 0.6) is 5.75 Å². The molecule has 2 aromatic carbocycles. The maximum Gasteiger partial charge on any atom is 0.329 e.